The number of aromatic amines is 1. The molecule has 1 fully saturated rings. The standard InChI is InChI=1S/C21H21N7O/c29-19-8-7-18(14-2-1-10-22-12-14)27-28(19)16-5-3-15(4-6-16)26-21-17-9-11-23-20(17)24-13-25-21/h1-2,7-13,15-16H,3-6H2,(H2,23,24,25,26). The van der Waals surface area contributed by atoms with Crippen molar-refractivity contribution in [2.45, 2.75) is 37.8 Å². The zero-order chi connectivity index (χ0) is 19.6. The maximum atomic E-state index is 12.4. The monoisotopic (exact) mass is 387 g/mol. The molecule has 0 unspecified atom stereocenters. The molecule has 29 heavy (non-hydrogen) atoms. The lowest BCUT2D eigenvalue weighted by Gasteiger charge is -2.30. The Balaban J connectivity index is 1.31. The molecule has 5 rings (SSSR count). The van der Waals surface area contributed by atoms with Crippen LogP contribution in [0.15, 0.2) is 60.0 Å². The largest absolute Gasteiger partial charge is 0.367 e. The molecular formula is C21H21N7O. The molecule has 0 amide bonds. The number of hydrogen-bond acceptors (Lipinski definition) is 6. The second kappa shape index (κ2) is 7.46. The summed E-state index contributed by atoms with van der Waals surface area (Å²) >= 11 is 0. The molecule has 8 heteroatoms. The fraction of sp³-hybridized carbons (Fsp3) is 0.286. The van der Waals surface area contributed by atoms with Gasteiger partial charge >= 0.3 is 0 Å². The SMILES string of the molecule is O=c1ccc(-c2cccnc2)nn1C1CCC(Nc2ncnc3[nH]ccc23)CC1. The van der Waals surface area contributed by atoms with Crippen LogP contribution in [-0.2, 0) is 0 Å². The number of aromatic nitrogens is 6. The molecule has 0 bridgehead atoms. The molecule has 1 aliphatic rings. The summed E-state index contributed by atoms with van der Waals surface area (Å²) in [7, 11) is 0. The van der Waals surface area contributed by atoms with Crippen molar-refractivity contribution in [2.75, 3.05) is 5.32 Å². The second-order valence-corrected chi connectivity index (χ2v) is 7.36. The molecule has 1 aliphatic carbocycles. The first kappa shape index (κ1) is 17.5. The molecule has 0 aromatic carbocycles. The first-order valence-electron chi connectivity index (χ1n) is 9.83. The number of anilines is 1. The maximum Gasteiger partial charge on any atom is 0.267 e. The lowest BCUT2D eigenvalue weighted by molar-refractivity contribution is 0.304. The third kappa shape index (κ3) is 3.49. The summed E-state index contributed by atoms with van der Waals surface area (Å²) in [5.41, 5.74) is 2.46. The van der Waals surface area contributed by atoms with Crippen LogP contribution in [0, 0.1) is 0 Å². The van der Waals surface area contributed by atoms with Crippen molar-refractivity contribution >= 4 is 16.9 Å². The van der Waals surface area contributed by atoms with E-state index in [0.29, 0.717) is 6.04 Å². The van der Waals surface area contributed by atoms with Crippen molar-refractivity contribution in [1.29, 1.82) is 0 Å². The van der Waals surface area contributed by atoms with E-state index >= 15 is 0 Å². The predicted molar refractivity (Wildman–Crippen MR) is 111 cm³/mol. The molecule has 0 spiro atoms. The number of hydrogen-bond donors (Lipinski definition) is 2. The van der Waals surface area contributed by atoms with Gasteiger partial charge in [0.1, 0.15) is 17.8 Å². The quantitative estimate of drug-likeness (QED) is 0.558. The molecule has 0 saturated heterocycles. The summed E-state index contributed by atoms with van der Waals surface area (Å²) in [5, 5.41) is 9.17. The summed E-state index contributed by atoms with van der Waals surface area (Å²) in [6, 6.07) is 9.60. The van der Waals surface area contributed by atoms with Gasteiger partial charge in [0.2, 0.25) is 0 Å². The van der Waals surface area contributed by atoms with E-state index < -0.39 is 0 Å². The van der Waals surface area contributed by atoms with Gasteiger partial charge in [-0.3, -0.25) is 9.78 Å². The summed E-state index contributed by atoms with van der Waals surface area (Å²) < 4.78 is 1.65. The van der Waals surface area contributed by atoms with Crippen LogP contribution in [0.5, 0.6) is 0 Å². The summed E-state index contributed by atoms with van der Waals surface area (Å²) in [5.74, 6) is 0.855. The summed E-state index contributed by atoms with van der Waals surface area (Å²) in [6.45, 7) is 0. The highest BCUT2D eigenvalue weighted by atomic mass is 16.1. The van der Waals surface area contributed by atoms with Crippen LogP contribution in [-0.4, -0.2) is 35.8 Å². The molecule has 4 aromatic heterocycles. The van der Waals surface area contributed by atoms with Crippen LogP contribution in [0.2, 0.25) is 0 Å². The van der Waals surface area contributed by atoms with Gasteiger partial charge in [-0.15, -0.1) is 0 Å². The van der Waals surface area contributed by atoms with E-state index in [0.717, 1.165) is 53.8 Å². The van der Waals surface area contributed by atoms with Crippen molar-refractivity contribution in [3.63, 3.8) is 0 Å². The highest BCUT2D eigenvalue weighted by Gasteiger charge is 2.24. The molecule has 8 nitrogen and oxygen atoms in total. The van der Waals surface area contributed by atoms with Gasteiger partial charge in [0, 0.05) is 36.3 Å². The molecule has 0 atom stereocenters. The van der Waals surface area contributed by atoms with E-state index in [2.05, 4.69) is 30.4 Å². The second-order valence-electron chi connectivity index (χ2n) is 7.36. The zero-order valence-electron chi connectivity index (χ0n) is 15.8. The van der Waals surface area contributed by atoms with Crippen molar-refractivity contribution < 1.29 is 0 Å². The third-order valence-corrected chi connectivity index (χ3v) is 5.52. The van der Waals surface area contributed by atoms with Gasteiger partial charge in [0.25, 0.3) is 5.56 Å². The molecule has 0 radical (unpaired) electrons. The van der Waals surface area contributed by atoms with Crippen LogP contribution < -0.4 is 10.9 Å². The van der Waals surface area contributed by atoms with E-state index in [1.165, 1.54) is 0 Å². The normalized spacial score (nSPS) is 19.3. The number of H-pyrrole nitrogens is 1. The van der Waals surface area contributed by atoms with E-state index in [9.17, 15) is 4.79 Å². The van der Waals surface area contributed by atoms with Crippen LogP contribution in [0.4, 0.5) is 5.82 Å². The Labute approximate surface area is 167 Å². The minimum absolute atomic E-state index is 0.0566. The van der Waals surface area contributed by atoms with Gasteiger partial charge in [-0.25, -0.2) is 14.6 Å². The van der Waals surface area contributed by atoms with E-state index in [4.69, 9.17) is 0 Å². The number of fused-ring (bicyclic) bond motifs is 1. The number of rotatable bonds is 4. The average Bonchev–Trinajstić information content (AvgIpc) is 3.25. The minimum Gasteiger partial charge on any atom is -0.367 e. The van der Waals surface area contributed by atoms with Crippen LogP contribution in [0.25, 0.3) is 22.3 Å². The van der Waals surface area contributed by atoms with Crippen LogP contribution in [0.1, 0.15) is 31.7 Å². The van der Waals surface area contributed by atoms with E-state index in [1.807, 2.05) is 24.4 Å². The third-order valence-electron chi connectivity index (χ3n) is 5.52. The summed E-state index contributed by atoms with van der Waals surface area (Å²) in [6.07, 6.45) is 10.6. The van der Waals surface area contributed by atoms with E-state index in [-0.39, 0.29) is 11.6 Å². The molecular weight excluding hydrogens is 366 g/mol. The Morgan fingerprint density at radius 2 is 1.97 bits per heavy atom. The Kier molecular flexibility index (Phi) is 4.51. The molecule has 1 saturated carbocycles. The summed E-state index contributed by atoms with van der Waals surface area (Å²) in [4.78, 5) is 28.3. The fourth-order valence-corrected chi connectivity index (χ4v) is 4.00. The Morgan fingerprint density at radius 3 is 2.79 bits per heavy atom. The fourth-order valence-electron chi connectivity index (χ4n) is 4.00. The minimum atomic E-state index is -0.0566. The van der Waals surface area contributed by atoms with Crippen molar-refractivity contribution in [3.05, 3.63) is 65.6 Å². The van der Waals surface area contributed by atoms with Crippen LogP contribution in [0.3, 0.4) is 0 Å². The van der Waals surface area contributed by atoms with Gasteiger partial charge < -0.3 is 10.3 Å². The number of nitrogens with zero attached hydrogens (tertiary/aromatic N) is 5. The molecule has 2 N–H and O–H groups in total. The Bertz CT molecular complexity index is 1180. The van der Waals surface area contributed by atoms with Gasteiger partial charge in [0.05, 0.1) is 17.1 Å². The lowest BCUT2D eigenvalue weighted by atomic mass is 9.91. The predicted octanol–water partition coefficient (Wildman–Crippen LogP) is 3.17. The zero-order valence-corrected chi connectivity index (χ0v) is 15.8. The van der Waals surface area contributed by atoms with Crippen LogP contribution >= 0.6 is 0 Å². The van der Waals surface area contributed by atoms with Gasteiger partial charge in [0.15, 0.2) is 0 Å². The van der Waals surface area contributed by atoms with Crippen molar-refractivity contribution in [1.82, 2.24) is 29.7 Å². The Morgan fingerprint density at radius 1 is 1.07 bits per heavy atom. The van der Waals surface area contributed by atoms with E-state index in [1.54, 1.807) is 35.5 Å². The van der Waals surface area contributed by atoms with Gasteiger partial charge in [-0.2, -0.15) is 5.10 Å². The molecule has 0 aliphatic heterocycles. The highest BCUT2D eigenvalue weighted by Crippen LogP contribution is 2.30. The van der Waals surface area contributed by atoms with Gasteiger partial charge in [-0.1, -0.05) is 0 Å². The maximum absolute atomic E-state index is 12.4. The molecule has 4 aromatic rings. The number of nitrogens with one attached hydrogen (secondary N) is 2. The first-order valence-corrected chi connectivity index (χ1v) is 9.83. The van der Waals surface area contributed by atoms with Gasteiger partial charge in [-0.05, 0) is 49.9 Å². The number of pyridine rings is 1. The highest BCUT2D eigenvalue weighted by molar-refractivity contribution is 5.86. The Hall–Kier alpha value is -3.55. The molecule has 146 valence electrons. The van der Waals surface area contributed by atoms with Crippen molar-refractivity contribution in [2.24, 2.45) is 0 Å². The average molecular weight is 387 g/mol. The molecule has 4 heterocycles. The first-order chi connectivity index (χ1) is 14.3. The topological polar surface area (TPSA) is 101 Å². The lowest BCUT2D eigenvalue weighted by Crippen LogP contribution is -2.33. The van der Waals surface area contributed by atoms with Crippen molar-refractivity contribution in [3.8, 4) is 11.3 Å². The smallest absolute Gasteiger partial charge is 0.267 e.